The Morgan fingerprint density at radius 1 is 1.91 bits per heavy atom. The highest BCUT2D eigenvalue weighted by Crippen LogP contribution is 2.19. The molecule has 3 N–H and O–H groups in total. The number of aromatic nitrogens is 2. The van der Waals surface area contributed by atoms with Gasteiger partial charge in [0.1, 0.15) is 6.20 Å². The third-order valence-electron chi connectivity index (χ3n) is 1.14. The fourth-order valence-corrected chi connectivity index (χ4v) is 0.712. The number of rotatable bonds is 2. The number of nitrogens with zero attached hydrogens (tertiary/aromatic N) is 3. The average Bonchev–Trinajstić information content (AvgIpc) is 2.30. The molecule has 1 rings (SSSR count). The number of nitrogens with two attached hydrogens (primary N) is 1. The first kappa shape index (κ1) is 7.48. The van der Waals surface area contributed by atoms with Crippen molar-refractivity contribution in [2.24, 2.45) is 12.9 Å². The predicted molar refractivity (Wildman–Crippen MR) is 37.7 cm³/mol. The van der Waals surface area contributed by atoms with Crippen LogP contribution >= 0.6 is 0 Å². The Bertz CT molecular complexity index is 280. The summed E-state index contributed by atoms with van der Waals surface area (Å²) in [6, 6.07) is 0. The van der Waals surface area contributed by atoms with Crippen molar-refractivity contribution in [2.75, 3.05) is 5.43 Å². The first-order valence-corrected chi connectivity index (χ1v) is 2.80. The Balaban J connectivity index is 3.12. The molecule has 1 aromatic rings. The van der Waals surface area contributed by atoms with Crippen molar-refractivity contribution in [2.45, 2.75) is 0 Å². The summed E-state index contributed by atoms with van der Waals surface area (Å²) in [6.07, 6.45) is 1.27. The van der Waals surface area contributed by atoms with Gasteiger partial charge >= 0.3 is 5.69 Å². The van der Waals surface area contributed by atoms with E-state index in [-0.39, 0.29) is 11.5 Å². The molecule has 0 radical (unpaired) electrons. The second kappa shape index (κ2) is 2.54. The zero-order valence-electron chi connectivity index (χ0n) is 5.81. The van der Waals surface area contributed by atoms with E-state index >= 15 is 0 Å². The van der Waals surface area contributed by atoms with Crippen LogP contribution in [0.5, 0.6) is 0 Å². The normalized spacial score (nSPS) is 9.64. The molecule has 0 saturated heterocycles. The van der Waals surface area contributed by atoms with Crippen LogP contribution in [0.15, 0.2) is 6.20 Å². The van der Waals surface area contributed by atoms with Gasteiger partial charge in [-0.05, 0) is 0 Å². The van der Waals surface area contributed by atoms with Crippen molar-refractivity contribution in [1.82, 2.24) is 9.78 Å². The van der Waals surface area contributed by atoms with E-state index in [1.54, 1.807) is 7.05 Å². The molecule has 0 bridgehead atoms. The second-order valence-corrected chi connectivity index (χ2v) is 1.94. The van der Waals surface area contributed by atoms with E-state index in [0.29, 0.717) is 0 Å². The van der Waals surface area contributed by atoms with E-state index in [4.69, 9.17) is 5.84 Å². The SMILES string of the molecule is Cn1cc([N+](=O)[O-])c(NN)n1. The molecule has 0 atom stereocenters. The third-order valence-corrected chi connectivity index (χ3v) is 1.14. The summed E-state index contributed by atoms with van der Waals surface area (Å²) in [5.74, 6) is 5.04. The first-order valence-electron chi connectivity index (χ1n) is 2.80. The summed E-state index contributed by atoms with van der Waals surface area (Å²) in [7, 11) is 1.58. The van der Waals surface area contributed by atoms with E-state index in [0.717, 1.165) is 0 Å². The lowest BCUT2D eigenvalue weighted by molar-refractivity contribution is -0.384. The summed E-state index contributed by atoms with van der Waals surface area (Å²) < 4.78 is 1.31. The third kappa shape index (κ3) is 1.27. The summed E-state index contributed by atoms with van der Waals surface area (Å²) in [5, 5.41) is 13.9. The number of aryl methyl sites for hydroxylation is 1. The molecule has 60 valence electrons. The summed E-state index contributed by atoms with van der Waals surface area (Å²) >= 11 is 0. The van der Waals surface area contributed by atoms with Gasteiger partial charge in [0.25, 0.3) is 0 Å². The molecule has 1 aromatic heterocycles. The standard InChI is InChI=1S/C4H7N5O2/c1-8-2-3(9(10)11)4(6-5)7-8/h2H,5H2,1H3,(H,6,7). The number of nitro groups is 1. The van der Waals surface area contributed by atoms with Crippen molar-refractivity contribution in [3.05, 3.63) is 16.3 Å². The van der Waals surface area contributed by atoms with Crippen molar-refractivity contribution in [3.8, 4) is 0 Å². The molecule has 0 aliphatic carbocycles. The fraction of sp³-hybridized carbons (Fsp3) is 0.250. The number of nitrogens with one attached hydrogen (secondary N) is 1. The highest BCUT2D eigenvalue weighted by atomic mass is 16.6. The molecule has 0 aromatic carbocycles. The van der Waals surface area contributed by atoms with E-state index in [9.17, 15) is 10.1 Å². The summed E-state index contributed by atoms with van der Waals surface area (Å²) in [6.45, 7) is 0. The minimum Gasteiger partial charge on any atom is -0.301 e. The highest BCUT2D eigenvalue weighted by Gasteiger charge is 2.16. The van der Waals surface area contributed by atoms with Gasteiger partial charge in [-0.25, -0.2) is 5.84 Å². The Hall–Kier alpha value is -1.63. The molecule has 7 nitrogen and oxygen atoms in total. The van der Waals surface area contributed by atoms with Crippen molar-refractivity contribution in [3.63, 3.8) is 0 Å². The number of hydrogen-bond donors (Lipinski definition) is 2. The van der Waals surface area contributed by atoms with Crippen LogP contribution in [-0.2, 0) is 7.05 Å². The van der Waals surface area contributed by atoms with Crippen LogP contribution < -0.4 is 11.3 Å². The summed E-state index contributed by atoms with van der Waals surface area (Å²) in [5.41, 5.74) is 1.99. The average molecular weight is 157 g/mol. The molecule has 11 heavy (non-hydrogen) atoms. The van der Waals surface area contributed by atoms with Gasteiger partial charge < -0.3 is 5.43 Å². The van der Waals surface area contributed by atoms with Crippen molar-refractivity contribution in [1.29, 1.82) is 0 Å². The molecule has 0 amide bonds. The second-order valence-electron chi connectivity index (χ2n) is 1.94. The highest BCUT2D eigenvalue weighted by molar-refractivity contribution is 5.53. The molecular formula is C4H7N5O2. The quantitative estimate of drug-likeness (QED) is 0.346. The minimum absolute atomic E-state index is 0.0671. The molecule has 0 saturated carbocycles. The van der Waals surface area contributed by atoms with Gasteiger partial charge in [-0.15, -0.1) is 5.10 Å². The van der Waals surface area contributed by atoms with Crippen LogP contribution in [0.25, 0.3) is 0 Å². The smallest absolute Gasteiger partial charge is 0.301 e. The van der Waals surface area contributed by atoms with Gasteiger partial charge in [0.2, 0.25) is 5.82 Å². The van der Waals surface area contributed by atoms with Crippen LogP contribution in [0.2, 0.25) is 0 Å². The molecule has 0 unspecified atom stereocenters. The Morgan fingerprint density at radius 3 is 2.91 bits per heavy atom. The van der Waals surface area contributed by atoms with E-state index in [1.807, 2.05) is 0 Å². The molecule has 7 heteroatoms. The molecule has 1 heterocycles. The molecule has 0 aliphatic heterocycles. The van der Waals surface area contributed by atoms with Crippen LogP contribution in [0.3, 0.4) is 0 Å². The zero-order chi connectivity index (χ0) is 8.43. The van der Waals surface area contributed by atoms with Crippen molar-refractivity contribution >= 4 is 11.5 Å². The fourth-order valence-electron chi connectivity index (χ4n) is 0.712. The monoisotopic (exact) mass is 157 g/mol. The van der Waals surface area contributed by atoms with Gasteiger partial charge in [-0.2, -0.15) is 0 Å². The van der Waals surface area contributed by atoms with Crippen LogP contribution in [0.4, 0.5) is 11.5 Å². The summed E-state index contributed by atoms with van der Waals surface area (Å²) in [4.78, 5) is 9.70. The lowest BCUT2D eigenvalue weighted by atomic mass is 10.5. The van der Waals surface area contributed by atoms with Gasteiger partial charge in [0.05, 0.1) is 4.92 Å². The van der Waals surface area contributed by atoms with Crippen LogP contribution in [0.1, 0.15) is 0 Å². The van der Waals surface area contributed by atoms with Gasteiger partial charge in [-0.1, -0.05) is 0 Å². The molecule has 0 spiro atoms. The number of hydrazine groups is 1. The van der Waals surface area contributed by atoms with Gasteiger partial charge in [-0.3, -0.25) is 14.8 Å². The van der Waals surface area contributed by atoms with E-state index in [1.165, 1.54) is 10.9 Å². The van der Waals surface area contributed by atoms with E-state index in [2.05, 4.69) is 10.5 Å². The molecule has 0 aliphatic rings. The van der Waals surface area contributed by atoms with Crippen molar-refractivity contribution < 1.29 is 4.92 Å². The Kier molecular flexibility index (Phi) is 1.73. The maximum atomic E-state index is 10.3. The predicted octanol–water partition coefficient (Wildman–Crippen LogP) is -0.386. The van der Waals surface area contributed by atoms with Crippen LogP contribution in [-0.4, -0.2) is 14.7 Å². The maximum Gasteiger partial charge on any atom is 0.332 e. The van der Waals surface area contributed by atoms with Gasteiger partial charge in [0.15, 0.2) is 0 Å². The largest absolute Gasteiger partial charge is 0.332 e. The first-order chi connectivity index (χ1) is 5.15. The number of nitrogen functional groups attached to an aromatic ring is 1. The Labute approximate surface area is 61.9 Å². The number of anilines is 1. The molecular weight excluding hydrogens is 150 g/mol. The van der Waals surface area contributed by atoms with Crippen LogP contribution in [0, 0.1) is 10.1 Å². The topological polar surface area (TPSA) is 99.0 Å². The lowest BCUT2D eigenvalue weighted by Gasteiger charge is -1.89. The van der Waals surface area contributed by atoms with E-state index < -0.39 is 4.92 Å². The Morgan fingerprint density at radius 2 is 2.55 bits per heavy atom. The van der Waals surface area contributed by atoms with Gasteiger partial charge in [0, 0.05) is 7.05 Å². The molecule has 0 fully saturated rings. The minimum atomic E-state index is -0.553. The number of hydrogen-bond acceptors (Lipinski definition) is 5. The zero-order valence-corrected chi connectivity index (χ0v) is 5.81. The maximum absolute atomic E-state index is 10.3. The lowest BCUT2D eigenvalue weighted by Crippen LogP contribution is -2.09.